The van der Waals surface area contributed by atoms with Gasteiger partial charge in [0.15, 0.2) is 0 Å². The van der Waals surface area contributed by atoms with Gasteiger partial charge in [-0.3, -0.25) is 0 Å². The molecule has 7 aromatic carbocycles. The van der Waals surface area contributed by atoms with E-state index in [9.17, 15) is 0 Å². The SMILES string of the molecule is CC(C)(C)c1cc(-c2ccc(-c3cc(C(C)(C)C)cc(C(C)(C)C)c3)cc2)cc(N(c2ccc(-c3ccc(C4CCCCC4)cc3)cc2)c2ccc3c(c2)C(C)(C)c2ccccc2-3)c1. The highest BCUT2D eigenvalue weighted by Gasteiger charge is 2.36. The van der Waals surface area contributed by atoms with Gasteiger partial charge in [-0.1, -0.05) is 211 Å². The van der Waals surface area contributed by atoms with Crippen LogP contribution < -0.4 is 4.90 Å². The van der Waals surface area contributed by atoms with Gasteiger partial charge < -0.3 is 4.90 Å². The summed E-state index contributed by atoms with van der Waals surface area (Å²) in [6, 6.07) is 58.6. The fourth-order valence-electron chi connectivity index (χ4n) is 10.3. The van der Waals surface area contributed by atoms with Gasteiger partial charge in [-0.15, -0.1) is 0 Å². The van der Waals surface area contributed by atoms with Crippen molar-refractivity contribution in [3.05, 3.63) is 185 Å². The Morgan fingerprint density at radius 3 is 1.41 bits per heavy atom. The molecule has 0 N–H and O–H groups in total. The van der Waals surface area contributed by atoms with Crippen LogP contribution in [0.5, 0.6) is 0 Å². The van der Waals surface area contributed by atoms with Crippen LogP contribution in [0.1, 0.15) is 148 Å². The van der Waals surface area contributed by atoms with E-state index in [0.29, 0.717) is 5.92 Å². The predicted octanol–water partition coefficient (Wildman–Crippen LogP) is 18.4. The molecule has 1 fully saturated rings. The topological polar surface area (TPSA) is 3.24 Å². The quantitative estimate of drug-likeness (QED) is 0.155. The van der Waals surface area contributed by atoms with Gasteiger partial charge in [-0.05, 0) is 149 Å². The molecule has 0 aliphatic heterocycles. The van der Waals surface area contributed by atoms with Gasteiger partial charge in [-0.2, -0.15) is 0 Å². The number of benzene rings is 7. The second kappa shape index (κ2) is 16.4. The minimum atomic E-state index is -0.110. The first kappa shape index (κ1) is 43.6. The van der Waals surface area contributed by atoms with Gasteiger partial charge in [0.05, 0.1) is 0 Å². The number of hydrogen-bond donors (Lipinski definition) is 0. The first-order valence-electron chi connectivity index (χ1n) is 24.0. The van der Waals surface area contributed by atoms with Crippen molar-refractivity contribution in [1.82, 2.24) is 0 Å². The molecule has 0 bridgehead atoms. The standard InChI is InChI=1S/C63H69N/c1-60(2,3)50-35-48(36-51(39-50)61(4,5)6)46-25-27-47(28-26-46)49-37-52(62(7,8)9)40-55(38-49)64(54-33-34-57-56-19-15-16-20-58(56)63(10,11)59(57)41-54)53-31-29-45(30-32-53)44-23-21-43(22-24-44)42-17-13-12-14-18-42/h15-16,19-42H,12-14,17-18H2,1-11H3. The molecule has 0 unspecified atom stereocenters. The minimum Gasteiger partial charge on any atom is -0.310 e. The normalized spacial score (nSPS) is 15.2. The maximum Gasteiger partial charge on any atom is 0.0470 e. The number of hydrogen-bond acceptors (Lipinski definition) is 1. The van der Waals surface area contributed by atoms with Crippen LogP contribution in [0, 0.1) is 0 Å². The van der Waals surface area contributed by atoms with Gasteiger partial charge in [0, 0.05) is 22.5 Å². The molecule has 1 saturated carbocycles. The monoisotopic (exact) mass is 840 g/mol. The molecule has 7 aromatic rings. The Balaban J connectivity index is 1.14. The van der Waals surface area contributed by atoms with Gasteiger partial charge >= 0.3 is 0 Å². The summed E-state index contributed by atoms with van der Waals surface area (Å²) < 4.78 is 0. The van der Waals surface area contributed by atoms with Crippen molar-refractivity contribution in [3.8, 4) is 44.5 Å². The summed E-state index contributed by atoms with van der Waals surface area (Å²) >= 11 is 0. The van der Waals surface area contributed by atoms with E-state index < -0.39 is 0 Å². The van der Waals surface area contributed by atoms with Crippen molar-refractivity contribution in [1.29, 1.82) is 0 Å². The molecular weight excluding hydrogens is 771 g/mol. The molecule has 2 aliphatic carbocycles. The highest BCUT2D eigenvalue weighted by Crippen LogP contribution is 2.51. The summed E-state index contributed by atoms with van der Waals surface area (Å²) in [4.78, 5) is 2.49. The Kier molecular flexibility index (Phi) is 11.2. The van der Waals surface area contributed by atoms with Crippen molar-refractivity contribution in [2.45, 2.75) is 136 Å². The van der Waals surface area contributed by atoms with Crippen molar-refractivity contribution in [2.75, 3.05) is 4.90 Å². The Bertz CT molecular complexity index is 2760. The Labute approximate surface area is 385 Å². The zero-order valence-corrected chi connectivity index (χ0v) is 40.5. The molecule has 0 radical (unpaired) electrons. The second-order valence-corrected chi connectivity index (χ2v) is 22.6. The molecule has 0 amide bonds. The van der Waals surface area contributed by atoms with Crippen LogP contribution in [0.15, 0.2) is 152 Å². The lowest BCUT2D eigenvalue weighted by Crippen LogP contribution is -2.17. The van der Waals surface area contributed by atoms with E-state index >= 15 is 0 Å². The molecule has 64 heavy (non-hydrogen) atoms. The maximum atomic E-state index is 2.49. The highest BCUT2D eigenvalue weighted by molar-refractivity contribution is 5.87. The molecule has 0 saturated heterocycles. The van der Waals surface area contributed by atoms with E-state index in [1.54, 1.807) is 0 Å². The predicted molar refractivity (Wildman–Crippen MR) is 277 cm³/mol. The Morgan fingerprint density at radius 1 is 0.391 bits per heavy atom. The van der Waals surface area contributed by atoms with E-state index in [0.717, 1.165) is 11.4 Å². The number of rotatable bonds is 7. The smallest absolute Gasteiger partial charge is 0.0470 e. The van der Waals surface area contributed by atoms with Crippen molar-refractivity contribution < 1.29 is 0 Å². The number of anilines is 3. The van der Waals surface area contributed by atoms with Crippen LogP contribution >= 0.6 is 0 Å². The lowest BCUT2D eigenvalue weighted by atomic mass is 9.79. The fraction of sp³-hybridized carbons (Fsp3) is 0.333. The van der Waals surface area contributed by atoms with E-state index in [-0.39, 0.29) is 21.7 Å². The average molecular weight is 840 g/mol. The summed E-state index contributed by atoms with van der Waals surface area (Å²) in [5.74, 6) is 0.711. The maximum absolute atomic E-state index is 2.49. The second-order valence-electron chi connectivity index (χ2n) is 22.6. The van der Waals surface area contributed by atoms with Gasteiger partial charge in [-0.25, -0.2) is 0 Å². The first-order valence-corrected chi connectivity index (χ1v) is 24.0. The van der Waals surface area contributed by atoms with E-state index in [2.05, 4.69) is 233 Å². The minimum absolute atomic E-state index is 0.0598. The average Bonchev–Trinajstić information content (AvgIpc) is 3.51. The van der Waals surface area contributed by atoms with E-state index in [1.807, 2.05) is 0 Å². The molecule has 0 aromatic heterocycles. The van der Waals surface area contributed by atoms with Crippen LogP contribution in [-0.2, 0) is 21.7 Å². The lowest BCUT2D eigenvalue weighted by Gasteiger charge is -2.30. The largest absolute Gasteiger partial charge is 0.310 e. The Morgan fingerprint density at radius 2 is 0.844 bits per heavy atom. The number of nitrogens with zero attached hydrogens (tertiary/aromatic N) is 1. The molecule has 1 nitrogen and oxygen atoms in total. The third-order valence-electron chi connectivity index (χ3n) is 14.5. The summed E-state index contributed by atoms with van der Waals surface area (Å²) in [5.41, 5.74) is 21.9. The fourth-order valence-corrected chi connectivity index (χ4v) is 10.3. The third kappa shape index (κ3) is 8.52. The zero-order valence-electron chi connectivity index (χ0n) is 40.5. The van der Waals surface area contributed by atoms with Crippen LogP contribution in [0.4, 0.5) is 17.1 Å². The number of fused-ring (bicyclic) bond motifs is 3. The molecule has 326 valence electrons. The van der Waals surface area contributed by atoms with Crippen LogP contribution in [0.25, 0.3) is 44.5 Å². The molecule has 0 spiro atoms. The lowest BCUT2D eigenvalue weighted by molar-refractivity contribution is 0.443. The Hall–Kier alpha value is -5.66. The van der Waals surface area contributed by atoms with E-state index in [1.165, 1.54) is 116 Å². The highest BCUT2D eigenvalue weighted by atomic mass is 15.1. The molecular formula is C63H69N. The summed E-state index contributed by atoms with van der Waals surface area (Å²) in [6.45, 7) is 25.7. The van der Waals surface area contributed by atoms with Crippen LogP contribution in [0.2, 0.25) is 0 Å². The third-order valence-corrected chi connectivity index (χ3v) is 14.5. The summed E-state index contributed by atoms with van der Waals surface area (Å²) in [7, 11) is 0. The van der Waals surface area contributed by atoms with Gasteiger partial charge in [0.2, 0.25) is 0 Å². The first-order chi connectivity index (χ1) is 30.3. The van der Waals surface area contributed by atoms with Crippen molar-refractivity contribution >= 4 is 17.1 Å². The molecule has 0 heterocycles. The molecule has 0 atom stereocenters. The van der Waals surface area contributed by atoms with Crippen LogP contribution in [-0.4, -0.2) is 0 Å². The molecule has 1 heteroatoms. The van der Waals surface area contributed by atoms with Crippen molar-refractivity contribution in [2.24, 2.45) is 0 Å². The zero-order chi connectivity index (χ0) is 45.2. The molecule has 2 aliphatic rings. The van der Waals surface area contributed by atoms with Crippen molar-refractivity contribution in [3.63, 3.8) is 0 Å². The summed E-state index contributed by atoms with van der Waals surface area (Å²) in [5, 5.41) is 0. The van der Waals surface area contributed by atoms with Gasteiger partial charge in [0.25, 0.3) is 0 Å². The van der Waals surface area contributed by atoms with Gasteiger partial charge in [0.1, 0.15) is 0 Å². The molecule has 9 rings (SSSR count). The summed E-state index contributed by atoms with van der Waals surface area (Å²) in [6.07, 6.45) is 6.75. The van der Waals surface area contributed by atoms with Crippen LogP contribution in [0.3, 0.4) is 0 Å². The van der Waals surface area contributed by atoms with E-state index in [4.69, 9.17) is 0 Å².